The zero-order valence-electron chi connectivity index (χ0n) is 18.6. The lowest BCUT2D eigenvalue weighted by Gasteiger charge is -2.33. The van der Waals surface area contributed by atoms with E-state index in [0.717, 1.165) is 61.1 Å². The second-order valence-corrected chi connectivity index (χ2v) is 9.18. The van der Waals surface area contributed by atoms with Gasteiger partial charge in [-0.3, -0.25) is 9.59 Å². The van der Waals surface area contributed by atoms with Gasteiger partial charge in [0.2, 0.25) is 5.91 Å². The van der Waals surface area contributed by atoms with Crippen molar-refractivity contribution >= 4 is 23.6 Å². The van der Waals surface area contributed by atoms with Gasteiger partial charge in [0.05, 0.1) is 17.9 Å². The van der Waals surface area contributed by atoms with E-state index in [1.54, 1.807) is 0 Å². The molecule has 0 saturated heterocycles. The molecule has 3 aromatic carbocycles. The Hall–Kier alpha value is -3.60. The van der Waals surface area contributed by atoms with Gasteiger partial charge in [-0.1, -0.05) is 54.6 Å². The fourth-order valence-electron chi connectivity index (χ4n) is 5.62. The molecule has 0 aromatic heterocycles. The zero-order valence-corrected chi connectivity index (χ0v) is 18.6. The SMILES string of the molecule is O=CC1N(CC(=O)N2CCc3ccccc3C2)c2cc(-c3ccccc3)cc3c2N1CCC3. The number of rotatable bonds is 4. The van der Waals surface area contributed by atoms with E-state index in [-0.39, 0.29) is 12.5 Å². The van der Waals surface area contributed by atoms with Gasteiger partial charge in [0.25, 0.3) is 0 Å². The van der Waals surface area contributed by atoms with E-state index in [9.17, 15) is 9.59 Å². The lowest BCUT2D eigenvalue weighted by Crippen LogP contribution is -2.50. The van der Waals surface area contributed by atoms with Crippen LogP contribution in [0.3, 0.4) is 0 Å². The summed E-state index contributed by atoms with van der Waals surface area (Å²) in [6.45, 7) is 2.42. The van der Waals surface area contributed by atoms with Crippen LogP contribution in [0.5, 0.6) is 0 Å². The second kappa shape index (κ2) is 8.07. The van der Waals surface area contributed by atoms with E-state index in [1.165, 1.54) is 16.7 Å². The van der Waals surface area contributed by atoms with Crippen LogP contribution in [0.15, 0.2) is 66.7 Å². The molecule has 3 heterocycles. The average molecular weight is 438 g/mol. The van der Waals surface area contributed by atoms with Gasteiger partial charge >= 0.3 is 0 Å². The Labute approximate surface area is 194 Å². The van der Waals surface area contributed by atoms with Crippen molar-refractivity contribution in [3.8, 4) is 11.1 Å². The van der Waals surface area contributed by atoms with Crippen molar-refractivity contribution in [1.82, 2.24) is 4.90 Å². The molecule has 0 bridgehead atoms. The summed E-state index contributed by atoms with van der Waals surface area (Å²) in [6, 6.07) is 23.1. The van der Waals surface area contributed by atoms with Crippen molar-refractivity contribution in [3.05, 3.63) is 83.4 Å². The number of fused-ring (bicyclic) bond motifs is 1. The number of carbonyl (C=O) groups excluding carboxylic acids is 2. The normalized spacial score (nSPS) is 18.7. The van der Waals surface area contributed by atoms with Crippen molar-refractivity contribution < 1.29 is 9.59 Å². The highest BCUT2D eigenvalue weighted by atomic mass is 16.2. The molecule has 1 atom stereocenters. The highest BCUT2D eigenvalue weighted by molar-refractivity contribution is 5.95. The van der Waals surface area contributed by atoms with E-state index in [2.05, 4.69) is 47.4 Å². The predicted molar refractivity (Wildman–Crippen MR) is 130 cm³/mol. The molecular weight excluding hydrogens is 410 g/mol. The number of anilines is 2. The summed E-state index contributed by atoms with van der Waals surface area (Å²) < 4.78 is 0. The van der Waals surface area contributed by atoms with Gasteiger partial charge in [-0.25, -0.2) is 0 Å². The lowest BCUT2D eigenvalue weighted by atomic mass is 9.95. The molecule has 0 aliphatic carbocycles. The molecule has 1 unspecified atom stereocenters. The minimum atomic E-state index is -0.425. The van der Waals surface area contributed by atoms with Crippen LogP contribution in [0, 0.1) is 0 Å². The van der Waals surface area contributed by atoms with Crippen molar-refractivity contribution in [2.75, 3.05) is 29.4 Å². The maximum Gasteiger partial charge on any atom is 0.242 e. The Morgan fingerprint density at radius 3 is 2.48 bits per heavy atom. The first-order valence-electron chi connectivity index (χ1n) is 11.8. The Morgan fingerprint density at radius 1 is 0.879 bits per heavy atom. The molecule has 0 radical (unpaired) electrons. The molecule has 1 amide bonds. The predicted octanol–water partition coefficient (Wildman–Crippen LogP) is 4.04. The summed E-state index contributed by atoms with van der Waals surface area (Å²) in [5.74, 6) is 0.0788. The number of benzene rings is 3. The van der Waals surface area contributed by atoms with Crippen LogP contribution in [0.25, 0.3) is 11.1 Å². The highest BCUT2D eigenvalue weighted by Crippen LogP contribution is 2.46. The summed E-state index contributed by atoms with van der Waals surface area (Å²) in [5.41, 5.74) is 8.26. The summed E-state index contributed by atoms with van der Waals surface area (Å²) in [7, 11) is 0. The van der Waals surface area contributed by atoms with E-state index in [4.69, 9.17) is 0 Å². The smallest absolute Gasteiger partial charge is 0.242 e. The number of amides is 1. The first-order valence-corrected chi connectivity index (χ1v) is 11.8. The van der Waals surface area contributed by atoms with E-state index >= 15 is 0 Å². The van der Waals surface area contributed by atoms with Crippen LogP contribution in [0.1, 0.15) is 23.1 Å². The van der Waals surface area contributed by atoms with E-state index in [1.807, 2.05) is 34.1 Å². The van der Waals surface area contributed by atoms with Crippen molar-refractivity contribution in [1.29, 1.82) is 0 Å². The fourth-order valence-corrected chi connectivity index (χ4v) is 5.62. The standard InChI is InChI=1S/C28H27N3O2/c32-19-26-30-13-6-11-22-15-24(20-7-2-1-3-8-20)16-25(28(22)30)31(26)18-27(33)29-14-12-21-9-4-5-10-23(21)17-29/h1-5,7-10,15-16,19,26H,6,11-14,17-18H2. The second-order valence-electron chi connectivity index (χ2n) is 9.18. The van der Waals surface area contributed by atoms with Gasteiger partial charge in [-0.15, -0.1) is 0 Å². The fraction of sp³-hybridized carbons (Fsp3) is 0.286. The molecule has 5 nitrogen and oxygen atoms in total. The van der Waals surface area contributed by atoms with Crippen LogP contribution >= 0.6 is 0 Å². The molecule has 0 saturated carbocycles. The molecule has 6 rings (SSSR count). The first kappa shape index (κ1) is 20.0. The molecule has 166 valence electrons. The lowest BCUT2D eigenvalue weighted by molar-refractivity contribution is -0.130. The topological polar surface area (TPSA) is 43.9 Å². The molecule has 3 aromatic rings. The number of hydrogen-bond donors (Lipinski definition) is 0. The van der Waals surface area contributed by atoms with E-state index in [0.29, 0.717) is 6.54 Å². The minimum absolute atomic E-state index is 0.0788. The zero-order chi connectivity index (χ0) is 22.4. The van der Waals surface area contributed by atoms with Gasteiger partial charge in [0.15, 0.2) is 12.5 Å². The molecule has 0 fully saturated rings. The Morgan fingerprint density at radius 2 is 1.67 bits per heavy atom. The Kier molecular flexibility index (Phi) is 4.90. The summed E-state index contributed by atoms with van der Waals surface area (Å²) >= 11 is 0. The minimum Gasteiger partial charge on any atom is -0.343 e. The van der Waals surface area contributed by atoms with Crippen LogP contribution in [-0.4, -0.2) is 42.9 Å². The van der Waals surface area contributed by atoms with Gasteiger partial charge in [-0.2, -0.15) is 0 Å². The number of aryl methyl sites for hydroxylation is 1. The Bertz CT molecular complexity index is 1220. The third-order valence-corrected chi connectivity index (χ3v) is 7.27. The molecule has 0 spiro atoms. The monoisotopic (exact) mass is 437 g/mol. The molecule has 3 aliphatic rings. The molecule has 33 heavy (non-hydrogen) atoms. The maximum atomic E-state index is 13.4. The summed E-state index contributed by atoms with van der Waals surface area (Å²) in [4.78, 5) is 31.8. The van der Waals surface area contributed by atoms with E-state index < -0.39 is 6.17 Å². The van der Waals surface area contributed by atoms with Crippen molar-refractivity contribution in [2.24, 2.45) is 0 Å². The molecule has 0 N–H and O–H groups in total. The van der Waals surface area contributed by atoms with Gasteiger partial charge < -0.3 is 14.7 Å². The number of hydrogen-bond acceptors (Lipinski definition) is 4. The van der Waals surface area contributed by atoms with Crippen LogP contribution < -0.4 is 9.80 Å². The first-order chi connectivity index (χ1) is 16.2. The van der Waals surface area contributed by atoms with Crippen LogP contribution in [-0.2, 0) is 29.0 Å². The quantitative estimate of drug-likeness (QED) is 0.578. The number of carbonyl (C=O) groups is 2. The van der Waals surface area contributed by atoms with Crippen molar-refractivity contribution in [3.63, 3.8) is 0 Å². The molecule has 5 heteroatoms. The van der Waals surface area contributed by atoms with Gasteiger partial charge in [0, 0.05) is 19.6 Å². The van der Waals surface area contributed by atoms with Crippen molar-refractivity contribution in [2.45, 2.75) is 32.0 Å². The highest BCUT2D eigenvalue weighted by Gasteiger charge is 2.40. The third kappa shape index (κ3) is 3.39. The summed E-state index contributed by atoms with van der Waals surface area (Å²) in [6.07, 6.45) is 3.46. The largest absolute Gasteiger partial charge is 0.343 e. The third-order valence-electron chi connectivity index (χ3n) is 7.27. The maximum absolute atomic E-state index is 13.4. The van der Waals surface area contributed by atoms with Gasteiger partial charge in [0.1, 0.15) is 0 Å². The average Bonchev–Trinajstić information content (AvgIpc) is 3.17. The van der Waals surface area contributed by atoms with Crippen LogP contribution in [0.2, 0.25) is 0 Å². The number of aldehydes is 1. The van der Waals surface area contributed by atoms with Crippen LogP contribution in [0.4, 0.5) is 11.4 Å². The summed E-state index contributed by atoms with van der Waals surface area (Å²) in [5, 5.41) is 0. The molecule has 3 aliphatic heterocycles. The molecular formula is C28H27N3O2. The van der Waals surface area contributed by atoms with Gasteiger partial charge in [-0.05, 0) is 59.2 Å². The Balaban J connectivity index is 1.34. The number of nitrogens with zero attached hydrogens (tertiary/aromatic N) is 3.